The zero-order valence-corrected chi connectivity index (χ0v) is 25.5. The van der Waals surface area contributed by atoms with Gasteiger partial charge in [0.15, 0.2) is 6.61 Å². The van der Waals surface area contributed by atoms with Gasteiger partial charge in [-0.25, -0.2) is 4.79 Å². The first-order valence-electron chi connectivity index (χ1n) is 14.5. The van der Waals surface area contributed by atoms with Gasteiger partial charge in [0.25, 0.3) is 5.69 Å². The van der Waals surface area contributed by atoms with Gasteiger partial charge in [0.2, 0.25) is 17.6 Å². The van der Waals surface area contributed by atoms with E-state index in [9.17, 15) is 29.3 Å². The highest BCUT2D eigenvalue weighted by atomic mass is 35.5. The van der Waals surface area contributed by atoms with Crippen LogP contribution in [-0.2, 0) is 35.3 Å². The first kappa shape index (κ1) is 29.8. The number of non-ortho nitro benzene ring substituents is 1. The van der Waals surface area contributed by atoms with Crippen molar-refractivity contribution in [3.8, 4) is 0 Å². The van der Waals surface area contributed by atoms with E-state index >= 15 is 0 Å². The van der Waals surface area contributed by atoms with Crippen LogP contribution in [0.3, 0.4) is 0 Å². The van der Waals surface area contributed by atoms with Crippen molar-refractivity contribution in [3.63, 3.8) is 0 Å². The lowest BCUT2D eigenvalue weighted by Gasteiger charge is -2.54. The number of nitro groups is 1. The number of amides is 2. The quantitative estimate of drug-likeness (QED) is 0.0611. The van der Waals surface area contributed by atoms with Crippen LogP contribution in [0.25, 0.3) is 0 Å². The Morgan fingerprint density at radius 1 is 0.783 bits per heavy atom. The lowest BCUT2D eigenvalue weighted by molar-refractivity contribution is -0.384. The molecule has 0 N–H and O–H groups in total. The summed E-state index contributed by atoms with van der Waals surface area (Å²) < 4.78 is 5.43. The Hall–Kier alpha value is -4.86. The minimum atomic E-state index is -1.45. The average Bonchev–Trinajstić information content (AvgIpc) is 3.35. The van der Waals surface area contributed by atoms with E-state index < -0.39 is 62.7 Å². The van der Waals surface area contributed by atoms with Crippen LogP contribution >= 0.6 is 23.2 Å². The molecule has 3 atom stereocenters. The molecule has 0 spiro atoms. The van der Waals surface area contributed by atoms with E-state index in [1.807, 2.05) is 0 Å². The second kappa shape index (κ2) is 10.9. The van der Waals surface area contributed by atoms with Crippen molar-refractivity contribution < 1.29 is 28.8 Å². The third-order valence-electron chi connectivity index (χ3n) is 9.20. The van der Waals surface area contributed by atoms with Gasteiger partial charge in [0.1, 0.15) is 15.8 Å². The molecule has 2 bridgehead atoms. The Morgan fingerprint density at radius 3 is 1.78 bits per heavy atom. The van der Waals surface area contributed by atoms with E-state index in [2.05, 4.69) is 0 Å². The van der Waals surface area contributed by atoms with E-state index in [0.29, 0.717) is 27.8 Å². The predicted octanol–water partition coefficient (Wildman–Crippen LogP) is 5.53. The molecule has 0 saturated carbocycles. The summed E-state index contributed by atoms with van der Waals surface area (Å²) >= 11 is 15.1. The Labute approximate surface area is 272 Å². The normalized spacial score (nSPS) is 24.5. The lowest BCUT2D eigenvalue weighted by Crippen LogP contribution is -2.57. The van der Waals surface area contributed by atoms with Gasteiger partial charge >= 0.3 is 5.97 Å². The van der Waals surface area contributed by atoms with Gasteiger partial charge in [0, 0.05) is 24.1 Å². The van der Waals surface area contributed by atoms with Gasteiger partial charge in [-0.05, 0) is 27.8 Å². The summed E-state index contributed by atoms with van der Waals surface area (Å²) in [5.74, 6) is -5.25. The van der Waals surface area contributed by atoms with Crippen molar-refractivity contribution in [1.82, 2.24) is 4.90 Å². The van der Waals surface area contributed by atoms with Crippen molar-refractivity contribution in [2.45, 2.75) is 22.2 Å². The number of ether oxygens (including phenoxy) is 1. The smallest absolute Gasteiger partial charge is 0.330 e. The number of benzene rings is 4. The van der Waals surface area contributed by atoms with E-state index in [1.54, 1.807) is 78.9 Å². The maximum atomic E-state index is 14.5. The Balaban J connectivity index is 1.27. The minimum Gasteiger partial charge on any atom is -0.456 e. The first-order valence-corrected chi connectivity index (χ1v) is 15.3. The van der Waals surface area contributed by atoms with Gasteiger partial charge in [-0.1, -0.05) is 91.0 Å². The van der Waals surface area contributed by atoms with Crippen LogP contribution in [0.4, 0.5) is 5.69 Å². The van der Waals surface area contributed by atoms with Crippen molar-refractivity contribution in [1.29, 1.82) is 0 Å². The molecule has 1 aliphatic heterocycles. The van der Waals surface area contributed by atoms with Gasteiger partial charge in [-0.3, -0.25) is 29.4 Å². The van der Waals surface area contributed by atoms with Crippen LogP contribution in [0.1, 0.15) is 38.2 Å². The number of carbonyl (C=O) groups is 4. The van der Waals surface area contributed by atoms with E-state index in [4.69, 9.17) is 27.9 Å². The standard InChI is InChI=1S/C35H24Cl2N2O7/c36-34-23-13-4-5-14-24(23)35(37,26-16-7-6-15-25(26)34)30-29(34)31(41)38(32(30)42)27(17-20-9-2-1-3-10-20)33(43)46-19-28(40)21-11-8-12-22(18-21)39(44)45/h1-16,18,27,29-30H,17,19H2/t27-,29-,30-,34?,35?/m0/s1. The highest BCUT2D eigenvalue weighted by molar-refractivity contribution is 6.36. The molecule has 1 fully saturated rings. The molecule has 0 aromatic heterocycles. The molecule has 4 aromatic rings. The van der Waals surface area contributed by atoms with Crippen LogP contribution in [0, 0.1) is 22.0 Å². The molecule has 46 heavy (non-hydrogen) atoms. The minimum absolute atomic E-state index is 0.0266. The molecule has 2 amide bonds. The summed E-state index contributed by atoms with van der Waals surface area (Å²) in [7, 11) is 0. The number of ketones is 1. The monoisotopic (exact) mass is 654 g/mol. The van der Waals surface area contributed by atoms with E-state index in [0.717, 1.165) is 11.0 Å². The fourth-order valence-electron chi connectivity index (χ4n) is 7.22. The molecule has 230 valence electrons. The molecule has 4 aliphatic rings. The number of hydrogen-bond acceptors (Lipinski definition) is 7. The van der Waals surface area contributed by atoms with Gasteiger partial charge in [0.05, 0.1) is 16.8 Å². The molecular formula is C35H24Cl2N2O7. The van der Waals surface area contributed by atoms with Crippen LogP contribution in [0.15, 0.2) is 103 Å². The number of carbonyl (C=O) groups excluding carboxylic acids is 4. The summed E-state index contributed by atoms with van der Waals surface area (Å²) in [6.07, 6.45) is -0.0912. The van der Waals surface area contributed by atoms with Crippen molar-refractivity contribution >= 4 is 52.5 Å². The topological polar surface area (TPSA) is 124 Å². The van der Waals surface area contributed by atoms with Crippen LogP contribution in [0.2, 0.25) is 0 Å². The average molecular weight is 655 g/mol. The van der Waals surface area contributed by atoms with Crippen LogP contribution in [-0.4, -0.2) is 46.0 Å². The number of Topliss-reactive ketones (excluding diaryl/α,β-unsaturated/α-hetero) is 1. The summed E-state index contributed by atoms with van der Waals surface area (Å²) in [4.78, 5) is 64.4. The molecule has 3 aliphatic carbocycles. The number of imide groups is 1. The van der Waals surface area contributed by atoms with Crippen molar-refractivity contribution in [2.75, 3.05) is 6.61 Å². The third kappa shape index (κ3) is 4.22. The molecule has 0 unspecified atom stereocenters. The SMILES string of the molecule is O=C(COC(=O)[C@H](Cc1ccccc1)N1C(=O)[C@@H]2[C@@H](C1=O)C1(Cl)c3ccccc3C2(Cl)c2ccccc21)c1cccc([N+](=O)[O-])c1. The molecule has 9 nitrogen and oxygen atoms in total. The Morgan fingerprint density at radius 2 is 1.28 bits per heavy atom. The Kier molecular flexibility index (Phi) is 7.06. The number of hydrogen-bond donors (Lipinski definition) is 0. The highest BCUT2D eigenvalue weighted by Crippen LogP contribution is 2.69. The molecule has 11 heteroatoms. The maximum absolute atomic E-state index is 14.5. The summed E-state index contributed by atoms with van der Waals surface area (Å²) in [5, 5.41) is 11.2. The molecule has 1 heterocycles. The highest BCUT2D eigenvalue weighted by Gasteiger charge is 2.73. The number of likely N-dealkylation sites (tertiary alicyclic amines) is 1. The molecule has 8 rings (SSSR count). The Bertz CT molecular complexity index is 1840. The van der Waals surface area contributed by atoms with Gasteiger partial charge in [-0.15, -0.1) is 23.2 Å². The third-order valence-corrected chi connectivity index (χ3v) is 10.5. The molecule has 1 saturated heterocycles. The van der Waals surface area contributed by atoms with Crippen molar-refractivity contribution in [3.05, 3.63) is 147 Å². The van der Waals surface area contributed by atoms with Crippen molar-refractivity contribution in [2.24, 2.45) is 11.8 Å². The zero-order valence-electron chi connectivity index (χ0n) is 24.0. The van der Waals surface area contributed by atoms with Crippen LogP contribution < -0.4 is 0 Å². The number of nitro benzene ring substituents is 1. The zero-order chi connectivity index (χ0) is 32.4. The second-order valence-electron chi connectivity index (χ2n) is 11.6. The number of nitrogens with zero attached hydrogens (tertiary/aromatic N) is 2. The fourth-order valence-corrected chi connectivity index (χ4v) is 8.32. The summed E-state index contributed by atoms with van der Waals surface area (Å²) in [6.45, 7) is -0.760. The second-order valence-corrected chi connectivity index (χ2v) is 12.8. The first-order chi connectivity index (χ1) is 22.1. The van der Waals surface area contributed by atoms with Gasteiger partial charge < -0.3 is 4.74 Å². The molecule has 0 radical (unpaired) electrons. The summed E-state index contributed by atoms with van der Waals surface area (Å²) in [6, 6.07) is 26.8. The largest absolute Gasteiger partial charge is 0.456 e. The predicted molar refractivity (Wildman–Crippen MR) is 167 cm³/mol. The number of esters is 1. The number of halogens is 2. The molecule has 4 aromatic carbocycles. The maximum Gasteiger partial charge on any atom is 0.330 e. The number of rotatable bonds is 8. The van der Waals surface area contributed by atoms with E-state index in [-0.39, 0.29) is 17.7 Å². The number of alkyl halides is 2. The lowest BCUT2D eigenvalue weighted by atomic mass is 9.54. The molecular weight excluding hydrogens is 631 g/mol. The fraction of sp³-hybridized carbons (Fsp3) is 0.200. The van der Waals surface area contributed by atoms with Crippen LogP contribution in [0.5, 0.6) is 0 Å². The van der Waals surface area contributed by atoms with Gasteiger partial charge in [-0.2, -0.15) is 0 Å². The summed E-state index contributed by atoms with van der Waals surface area (Å²) in [5.41, 5.74) is 2.82. The van der Waals surface area contributed by atoms with E-state index in [1.165, 1.54) is 18.2 Å².